The lowest BCUT2D eigenvalue weighted by Crippen LogP contribution is -2.72. The van der Waals surface area contributed by atoms with E-state index in [4.69, 9.17) is 0 Å². The topological polar surface area (TPSA) is 132 Å². The van der Waals surface area contributed by atoms with Crippen molar-refractivity contribution in [2.45, 2.75) is 108 Å². The third-order valence-corrected chi connectivity index (χ3v) is 10.1. The maximum Gasteiger partial charge on any atom is 0.337 e. The molecule has 0 radical (unpaired) electrons. The third kappa shape index (κ3) is 6.34. The molecule has 8 unspecified atom stereocenters. The van der Waals surface area contributed by atoms with Gasteiger partial charge in [-0.1, -0.05) is 102 Å². The lowest BCUT2D eigenvalue weighted by Gasteiger charge is -2.57. The molecule has 218 valence electrons. The molecule has 4 N–H and O–H groups in total. The molecular weight excluding hydrogens is 472 g/mol. The summed E-state index contributed by atoms with van der Waals surface area (Å²) in [4.78, 5) is 40.2. The fraction of sp³-hybridized carbons (Fsp3) is 0.900. The van der Waals surface area contributed by atoms with E-state index >= 15 is 0 Å². The molecule has 0 heterocycles. The Morgan fingerprint density at radius 3 is 1.14 bits per heavy atom. The van der Waals surface area contributed by atoms with Gasteiger partial charge in [0.05, 0.1) is 0 Å². The number of rotatable bonds is 17. The van der Waals surface area contributed by atoms with Gasteiger partial charge in [0.25, 0.3) is 0 Å². The second kappa shape index (κ2) is 14.0. The van der Waals surface area contributed by atoms with Crippen LogP contribution in [0.25, 0.3) is 0 Å². The van der Waals surface area contributed by atoms with Crippen LogP contribution < -0.4 is 0 Å². The predicted octanol–water partition coefficient (Wildman–Crippen LogP) is 6.53. The van der Waals surface area contributed by atoms with Crippen LogP contribution in [0.4, 0.5) is 0 Å². The Labute approximate surface area is 225 Å². The molecule has 0 aliphatic carbocycles. The van der Waals surface area contributed by atoms with Gasteiger partial charge < -0.3 is 20.4 Å². The summed E-state index contributed by atoms with van der Waals surface area (Å²) in [5.74, 6) is -9.55. The number of aliphatic carboxylic acids is 3. The summed E-state index contributed by atoms with van der Waals surface area (Å²) in [7, 11) is 0. The molecule has 7 heteroatoms. The standard InChI is InChI=1S/C30H56O7/c1-13-22(19(10)16(4)5)25(26(31)32)30(37,28(35)36)29(27(33)34,23(14-2)20(11)17(6)7)24(15-3)21(12)18(8)9/h16-25,37H,13-15H2,1-12H3,(H,31,32)(H,33,34)(H,35,36). The third-order valence-electron chi connectivity index (χ3n) is 10.1. The number of carbonyl (C=O) groups is 3. The van der Waals surface area contributed by atoms with Gasteiger partial charge in [0.15, 0.2) is 5.60 Å². The van der Waals surface area contributed by atoms with Gasteiger partial charge >= 0.3 is 17.9 Å². The van der Waals surface area contributed by atoms with Crippen LogP contribution >= 0.6 is 0 Å². The Bertz CT molecular complexity index is 737. The number of carboxylic acid groups (broad SMARTS) is 3. The van der Waals surface area contributed by atoms with Crippen LogP contribution in [-0.4, -0.2) is 43.9 Å². The van der Waals surface area contributed by atoms with Crippen LogP contribution in [0.1, 0.15) is 102 Å². The van der Waals surface area contributed by atoms with Crippen LogP contribution in [0.2, 0.25) is 0 Å². The van der Waals surface area contributed by atoms with Crippen molar-refractivity contribution in [1.29, 1.82) is 0 Å². The maximum absolute atomic E-state index is 13.8. The summed E-state index contributed by atoms with van der Waals surface area (Å²) in [5, 5.41) is 45.3. The van der Waals surface area contributed by atoms with Gasteiger partial charge in [-0.15, -0.1) is 0 Å². The van der Waals surface area contributed by atoms with E-state index in [0.717, 1.165) is 0 Å². The monoisotopic (exact) mass is 528 g/mol. The molecule has 0 aromatic rings. The van der Waals surface area contributed by atoms with Crippen LogP contribution in [0.3, 0.4) is 0 Å². The zero-order valence-electron chi connectivity index (χ0n) is 25.4. The van der Waals surface area contributed by atoms with E-state index in [9.17, 15) is 34.8 Å². The van der Waals surface area contributed by atoms with Gasteiger partial charge in [0.2, 0.25) is 0 Å². The highest BCUT2D eigenvalue weighted by atomic mass is 16.4. The highest BCUT2D eigenvalue weighted by molar-refractivity contribution is 5.94. The van der Waals surface area contributed by atoms with E-state index in [2.05, 4.69) is 0 Å². The van der Waals surface area contributed by atoms with E-state index < -0.39 is 52.6 Å². The van der Waals surface area contributed by atoms with Crippen molar-refractivity contribution in [2.24, 2.45) is 64.6 Å². The summed E-state index contributed by atoms with van der Waals surface area (Å²) in [5.41, 5.74) is -5.27. The van der Waals surface area contributed by atoms with Crippen LogP contribution in [0.15, 0.2) is 0 Å². The minimum atomic E-state index is -3.04. The largest absolute Gasteiger partial charge is 0.481 e. The van der Waals surface area contributed by atoms with Crippen LogP contribution in [0.5, 0.6) is 0 Å². The first kappa shape index (κ1) is 35.4. The van der Waals surface area contributed by atoms with E-state index in [1.807, 2.05) is 76.2 Å². The lowest BCUT2D eigenvalue weighted by atomic mass is 9.45. The molecule has 8 atom stereocenters. The van der Waals surface area contributed by atoms with Crippen molar-refractivity contribution in [3.05, 3.63) is 0 Å². The molecule has 0 aromatic heterocycles. The second-order valence-corrected chi connectivity index (χ2v) is 12.5. The molecule has 0 fully saturated rings. The van der Waals surface area contributed by atoms with Gasteiger partial charge in [-0.2, -0.15) is 0 Å². The zero-order valence-corrected chi connectivity index (χ0v) is 25.4. The van der Waals surface area contributed by atoms with E-state index in [-0.39, 0.29) is 35.5 Å². The molecule has 37 heavy (non-hydrogen) atoms. The van der Waals surface area contributed by atoms with Gasteiger partial charge in [0, 0.05) is 0 Å². The molecule has 0 aliphatic heterocycles. The Balaban J connectivity index is 8.23. The second-order valence-electron chi connectivity index (χ2n) is 12.5. The fourth-order valence-electron chi connectivity index (χ4n) is 7.11. The van der Waals surface area contributed by atoms with Crippen molar-refractivity contribution in [1.82, 2.24) is 0 Å². The molecular formula is C30H56O7. The first-order valence-electron chi connectivity index (χ1n) is 14.3. The molecule has 0 bridgehead atoms. The fourth-order valence-corrected chi connectivity index (χ4v) is 7.11. The summed E-state index contributed by atoms with van der Waals surface area (Å²) in [6, 6.07) is 0. The molecule has 7 nitrogen and oxygen atoms in total. The van der Waals surface area contributed by atoms with Crippen molar-refractivity contribution in [3.8, 4) is 0 Å². The average Bonchev–Trinajstić information content (AvgIpc) is 2.79. The molecule has 0 aromatic carbocycles. The van der Waals surface area contributed by atoms with Gasteiger partial charge in [0.1, 0.15) is 11.3 Å². The summed E-state index contributed by atoms with van der Waals surface area (Å²) < 4.78 is 0. The molecule has 0 aliphatic rings. The lowest BCUT2D eigenvalue weighted by molar-refractivity contribution is -0.238. The van der Waals surface area contributed by atoms with Gasteiger partial charge in [-0.05, 0) is 53.3 Å². The quantitative estimate of drug-likeness (QED) is 0.169. The number of hydrogen-bond donors (Lipinski definition) is 4. The SMILES string of the molecule is CCC(C(C)C(C)C)C(C(=O)O)C(O)(C(=O)O)C(C(=O)O)(C(CC)C(C)C(C)C)C(CC)C(C)C(C)C. The highest BCUT2D eigenvalue weighted by Gasteiger charge is 2.73. The Hall–Kier alpha value is -1.63. The van der Waals surface area contributed by atoms with Crippen LogP contribution in [0, 0.1) is 64.6 Å². The minimum absolute atomic E-state index is 0.00609. The average molecular weight is 529 g/mol. The first-order chi connectivity index (χ1) is 16.9. The molecule has 0 rings (SSSR count). The first-order valence-corrected chi connectivity index (χ1v) is 14.3. The van der Waals surface area contributed by atoms with E-state index in [0.29, 0.717) is 19.3 Å². The van der Waals surface area contributed by atoms with Crippen molar-refractivity contribution in [2.75, 3.05) is 0 Å². The van der Waals surface area contributed by atoms with Gasteiger partial charge in [-0.25, -0.2) is 4.79 Å². The zero-order chi connectivity index (χ0) is 29.6. The Kier molecular flexibility index (Phi) is 13.3. The maximum atomic E-state index is 13.8. The van der Waals surface area contributed by atoms with E-state index in [1.165, 1.54) is 0 Å². The van der Waals surface area contributed by atoms with Crippen molar-refractivity contribution in [3.63, 3.8) is 0 Å². The summed E-state index contributed by atoms with van der Waals surface area (Å²) in [6.07, 6.45) is 0.894. The minimum Gasteiger partial charge on any atom is -0.481 e. The van der Waals surface area contributed by atoms with Crippen LogP contribution in [-0.2, 0) is 14.4 Å². The van der Waals surface area contributed by atoms with Crippen molar-refractivity contribution < 1.29 is 34.8 Å². The molecule has 0 amide bonds. The Morgan fingerprint density at radius 2 is 0.946 bits per heavy atom. The number of hydrogen-bond acceptors (Lipinski definition) is 4. The van der Waals surface area contributed by atoms with Crippen molar-refractivity contribution >= 4 is 17.9 Å². The molecule has 0 saturated carbocycles. The van der Waals surface area contributed by atoms with Gasteiger partial charge in [-0.3, -0.25) is 9.59 Å². The Morgan fingerprint density at radius 1 is 0.595 bits per heavy atom. The van der Waals surface area contributed by atoms with E-state index in [1.54, 1.807) is 6.92 Å². The smallest absolute Gasteiger partial charge is 0.337 e. The number of carboxylic acids is 3. The molecule has 0 spiro atoms. The molecule has 0 saturated heterocycles. The summed E-state index contributed by atoms with van der Waals surface area (Å²) in [6.45, 7) is 22.8. The predicted molar refractivity (Wildman–Crippen MR) is 147 cm³/mol. The number of aliphatic hydroxyl groups is 1. The normalized spacial score (nSPS) is 21.4. The summed E-state index contributed by atoms with van der Waals surface area (Å²) >= 11 is 0. The highest BCUT2D eigenvalue weighted by Crippen LogP contribution is 2.59.